The van der Waals surface area contributed by atoms with Crippen molar-refractivity contribution in [2.75, 3.05) is 7.05 Å². The molecule has 0 radical (unpaired) electrons. The second-order valence-electron chi connectivity index (χ2n) is 4.70. The summed E-state index contributed by atoms with van der Waals surface area (Å²) < 4.78 is 1.75. The van der Waals surface area contributed by atoms with Gasteiger partial charge in [0.1, 0.15) is 0 Å². The van der Waals surface area contributed by atoms with Gasteiger partial charge in [0.2, 0.25) is 5.91 Å². The SMILES string of the molecule is CN(Cc1cnn(C)c1)C(=O)CCCc1cccs1. The van der Waals surface area contributed by atoms with Crippen molar-refractivity contribution in [3.05, 3.63) is 40.3 Å². The van der Waals surface area contributed by atoms with Gasteiger partial charge in [-0.2, -0.15) is 5.10 Å². The third-order valence-electron chi connectivity index (χ3n) is 3.00. The molecule has 0 atom stereocenters. The number of hydrogen-bond acceptors (Lipinski definition) is 3. The van der Waals surface area contributed by atoms with Crippen molar-refractivity contribution in [1.82, 2.24) is 14.7 Å². The molecule has 19 heavy (non-hydrogen) atoms. The Kier molecular flexibility index (Phi) is 4.74. The lowest BCUT2D eigenvalue weighted by atomic mass is 10.2. The Morgan fingerprint density at radius 2 is 2.37 bits per heavy atom. The third-order valence-corrected chi connectivity index (χ3v) is 3.93. The molecule has 2 aromatic heterocycles. The highest BCUT2D eigenvalue weighted by Gasteiger charge is 2.10. The summed E-state index contributed by atoms with van der Waals surface area (Å²) in [6, 6.07) is 4.17. The Bertz CT molecular complexity index is 519. The van der Waals surface area contributed by atoms with Crippen LogP contribution in [0.25, 0.3) is 0 Å². The maximum atomic E-state index is 12.0. The van der Waals surface area contributed by atoms with Crippen LogP contribution in [0.2, 0.25) is 0 Å². The van der Waals surface area contributed by atoms with Gasteiger partial charge in [0.05, 0.1) is 6.20 Å². The molecule has 1 amide bonds. The fourth-order valence-corrected chi connectivity index (χ4v) is 2.73. The van der Waals surface area contributed by atoms with E-state index in [2.05, 4.69) is 22.6 Å². The van der Waals surface area contributed by atoms with Crippen molar-refractivity contribution < 1.29 is 4.79 Å². The predicted molar refractivity (Wildman–Crippen MR) is 76.9 cm³/mol. The molecule has 2 aromatic rings. The summed E-state index contributed by atoms with van der Waals surface area (Å²) in [4.78, 5) is 15.1. The first-order valence-electron chi connectivity index (χ1n) is 6.39. The molecule has 0 N–H and O–H groups in total. The van der Waals surface area contributed by atoms with E-state index in [4.69, 9.17) is 0 Å². The minimum absolute atomic E-state index is 0.195. The van der Waals surface area contributed by atoms with E-state index >= 15 is 0 Å². The van der Waals surface area contributed by atoms with Crippen LogP contribution in [-0.4, -0.2) is 27.6 Å². The van der Waals surface area contributed by atoms with Gasteiger partial charge in [-0.05, 0) is 24.3 Å². The van der Waals surface area contributed by atoms with Crippen LogP contribution < -0.4 is 0 Å². The Labute approximate surface area is 117 Å². The molecule has 4 nitrogen and oxygen atoms in total. The lowest BCUT2D eigenvalue weighted by molar-refractivity contribution is -0.130. The van der Waals surface area contributed by atoms with Gasteiger partial charge < -0.3 is 4.90 Å². The minimum atomic E-state index is 0.195. The fourth-order valence-electron chi connectivity index (χ4n) is 1.98. The highest BCUT2D eigenvalue weighted by molar-refractivity contribution is 7.09. The lowest BCUT2D eigenvalue weighted by Gasteiger charge is -2.15. The van der Waals surface area contributed by atoms with Crippen molar-refractivity contribution in [3.63, 3.8) is 0 Å². The maximum absolute atomic E-state index is 12.0. The summed E-state index contributed by atoms with van der Waals surface area (Å²) in [5.74, 6) is 0.195. The van der Waals surface area contributed by atoms with Crippen LogP contribution in [-0.2, 0) is 24.8 Å². The number of aromatic nitrogens is 2. The molecular formula is C14H19N3OS. The summed E-state index contributed by atoms with van der Waals surface area (Å²) >= 11 is 1.75. The zero-order valence-corrected chi connectivity index (χ0v) is 12.2. The van der Waals surface area contributed by atoms with Crippen LogP contribution in [0.15, 0.2) is 29.9 Å². The molecule has 2 rings (SSSR count). The van der Waals surface area contributed by atoms with E-state index in [0.29, 0.717) is 13.0 Å². The second kappa shape index (κ2) is 6.52. The molecule has 0 aromatic carbocycles. The monoisotopic (exact) mass is 277 g/mol. The van der Waals surface area contributed by atoms with Crippen LogP contribution in [0.5, 0.6) is 0 Å². The van der Waals surface area contributed by atoms with E-state index in [9.17, 15) is 4.79 Å². The first-order valence-corrected chi connectivity index (χ1v) is 7.27. The third kappa shape index (κ3) is 4.21. The molecule has 0 aliphatic carbocycles. The van der Waals surface area contributed by atoms with Gasteiger partial charge in [0.15, 0.2) is 0 Å². The zero-order chi connectivity index (χ0) is 13.7. The number of rotatable bonds is 6. The molecule has 102 valence electrons. The van der Waals surface area contributed by atoms with Gasteiger partial charge in [-0.15, -0.1) is 11.3 Å². The van der Waals surface area contributed by atoms with E-state index in [1.807, 2.05) is 20.3 Å². The topological polar surface area (TPSA) is 38.1 Å². The smallest absolute Gasteiger partial charge is 0.222 e. The second-order valence-corrected chi connectivity index (χ2v) is 5.74. The molecule has 0 unspecified atom stereocenters. The Hall–Kier alpha value is -1.62. The highest BCUT2D eigenvalue weighted by atomic mass is 32.1. The molecule has 0 saturated heterocycles. The van der Waals surface area contributed by atoms with Crippen molar-refractivity contribution in [2.45, 2.75) is 25.8 Å². The van der Waals surface area contributed by atoms with E-state index in [1.165, 1.54) is 4.88 Å². The lowest BCUT2D eigenvalue weighted by Crippen LogP contribution is -2.25. The summed E-state index contributed by atoms with van der Waals surface area (Å²) in [6.07, 6.45) is 6.25. The summed E-state index contributed by atoms with van der Waals surface area (Å²) in [6.45, 7) is 0.631. The molecule has 0 saturated carbocycles. The number of aryl methyl sites for hydroxylation is 2. The summed E-state index contributed by atoms with van der Waals surface area (Å²) in [5.41, 5.74) is 1.07. The van der Waals surface area contributed by atoms with Gasteiger partial charge in [-0.25, -0.2) is 0 Å². The van der Waals surface area contributed by atoms with Crippen molar-refractivity contribution in [3.8, 4) is 0 Å². The number of thiophene rings is 1. The van der Waals surface area contributed by atoms with Crippen molar-refractivity contribution in [1.29, 1.82) is 0 Å². The van der Waals surface area contributed by atoms with E-state index in [-0.39, 0.29) is 5.91 Å². The molecule has 0 bridgehead atoms. The zero-order valence-electron chi connectivity index (χ0n) is 11.4. The Morgan fingerprint density at radius 3 is 3.00 bits per heavy atom. The molecule has 5 heteroatoms. The normalized spacial score (nSPS) is 10.6. The average Bonchev–Trinajstić information content (AvgIpc) is 3.01. The molecule has 0 spiro atoms. The van der Waals surface area contributed by atoms with Gasteiger partial charge in [-0.3, -0.25) is 9.48 Å². The van der Waals surface area contributed by atoms with Crippen LogP contribution in [0.1, 0.15) is 23.3 Å². The van der Waals surface area contributed by atoms with Crippen LogP contribution in [0.3, 0.4) is 0 Å². The van der Waals surface area contributed by atoms with Crippen molar-refractivity contribution in [2.24, 2.45) is 7.05 Å². The number of amides is 1. The number of nitrogens with zero attached hydrogens (tertiary/aromatic N) is 3. The molecule has 0 aliphatic rings. The number of carbonyl (C=O) groups is 1. The Morgan fingerprint density at radius 1 is 1.53 bits per heavy atom. The average molecular weight is 277 g/mol. The van der Waals surface area contributed by atoms with E-state index in [1.54, 1.807) is 27.1 Å². The summed E-state index contributed by atoms with van der Waals surface area (Å²) in [7, 11) is 3.73. The van der Waals surface area contributed by atoms with Crippen LogP contribution in [0.4, 0.5) is 0 Å². The highest BCUT2D eigenvalue weighted by Crippen LogP contribution is 2.12. The first kappa shape index (κ1) is 13.8. The first-order chi connectivity index (χ1) is 9.15. The fraction of sp³-hybridized carbons (Fsp3) is 0.429. The molecule has 2 heterocycles. The van der Waals surface area contributed by atoms with Crippen LogP contribution >= 0.6 is 11.3 Å². The van der Waals surface area contributed by atoms with Gasteiger partial charge in [-0.1, -0.05) is 6.07 Å². The van der Waals surface area contributed by atoms with Gasteiger partial charge in [0.25, 0.3) is 0 Å². The number of hydrogen-bond donors (Lipinski definition) is 0. The van der Waals surface area contributed by atoms with Crippen LogP contribution in [0, 0.1) is 0 Å². The minimum Gasteiger partial charge on any atom is -0.341 e. The molecular weight excluding hydrogens is 258 g/mol. The Balaban J connectivity index is 1.73. The van der Waals surface area contributed by atoms with E-state index < -0.39 is 0 Å². The molecule has 0 aliphatic heterocycles. The quantitative estimate of drug-likeness (QED) is 0.813. The summed E-state index contributed by atoms with van der Waals surface area (Å²) in [5, 5.41) is 6.18. The number of carbonyl (C=O) groups excluding carboxylic acids is 1. The predicted octanol–water partition coefficient (Wildman–Crippen LogP) is 2.46. The van der Waals surface area contributed by atoms with Gasteiger partial charge in [0, 0.05) is 43.7 Å². The largest absolute Gasteiger partial charge is 0.341 e. The van der Waals surface area contributed by atoms with Crippen molar-refractivity contribution >= 4 is 17.2 Å². The standard InChI is InChI=1S/C14H19N3OS/c1-16(10-12-9-15-17(2)11-12)14(18)7-3-5-13-6-4-8-19-13/h4,6,8-9,11H,3,5,7,10H2,1-2H3. The maximum Gasteiger partial charge on any atom is 0.222 e. The van der Waals surface area contributed by atoms with Gasteiger partial charge >= 0.3 is 0 Å². The molecule has 0 fully saturated rings. The van der Waals surface area contributed by atoms with E-state index in [0.717, 1.165) is 18.4 Å².